The second-order valence-electron chi connectivity index (χ2n) is 7.06. The topological polar surface area (TPSA) is 26.3 Å². The lowest BCUT2D eigenvalue weighted by Gasteiger charge is -2.17. The standard InChI is InChI=1S/C25H22O2/c1-17(2)25(26)27-23-15-13-21-16-20-11-7-6-8-18(20)12-14-22(21)24(23)19-9-4-3-5-10-19/h3-11,13,15H,1,12,14,16H2,2H3. The summed E-state index contributed by atoms with van der Waals surface area (Å²) in [5.41, 5.74) is 7.84. The highest BCUT2D eigenvalue weighted by Crippen LogP contribution is 2.39. The van der Waals surface area contributed by atoms with Gasteiger partial charge in [-0.15, -0.1) is 0 Å². The van der Waals surface area contributed by atoms with Crippen molar-refractivity contribution in [2.24, 2.45) is 0 Å². The highest BCUT2D eigenvalue weighted by molar-refractivity contribution is 5.90. The molecule has 1 aliphatic rings. The van der Waals surface area contributed by atoms with Gasteiger partial charge in [0.25, 0.3) is 0 Å². The molecule has 0 fully saturated rings. The van der Waals surface area contributed by atoms with E-state index in [0.29, 0.717) is 11.3 Å². The van der Waals surface area contributed by atoms with Crippen LogP contribution in [-0.2, 0) is 24.1 Å². The van der Waals surface area contributed by atoms with Gasteiger partial charge in [0.2, 0.25) is 0 Å². The van der Waals surface area contributed by atoms with Crippen LogP contribution in [0.3, 0.4) is 0 Å². The van der Waals surface area contributed by atoms with E-state index < -0.39 is 0 Å². The largest absolute Gasteiger partial charge is 0.423 e. The fraction of sp³-hybridized carbons (Fsp3) is 0.160. The van der Waals surface area contributed by atoms with E-state index in [4.69, 9.17) is 4.74 Å². The van der Waals surface area contributed by atoms with Gasteiger partial charge in [-0.25, -0.2) is 4.79 Å². The Kier molecular flexibility index (Phi) is 4.64. The van der Waals surface area contributed by atoms with Gasteiger partial charge < -0.3 is 4.74 Å². The summed E-state index contributed by atoms with van der Waals surface area (Å²) >= 11 is 0. The Balaban J connectivity index is 1.86. The third kappa shape index (κ3) is 3.43. The van der Waals surface area contributed by atoms with Crippen LogP contribution in [0.25, 0.3) is 11.1 Å². The molecule has 134 valence electrons. The zero-order chi connectivity index (χ0) is 18.8. The Bertz CT molecular complexity index is 1020. The normalized spacial score (nSPS) is 12.5. The molecule has 3 aromatic carbocycles. The first-order valence-corrected chi connectivity index (χ1v) is 9.28. The SMILES string of the molecule is C=C(C)C(=O)Oc1ccc2c(c1-c1ccccc1)CCc1ccccc1C2. The predicted molar refractivity (Wildman–Crippen MR) is 109 cm³/mol. The van der Waals surface area contributed by atoms with Crippen LogP contribution >= 0.6 is 0 Å². The Morgan fingerprint density at radius 1 is 0.852 bits per heavy atom. The molecule has 0 heterocycles. The zero-order valence-electron chi connectivity index (χ0n) is 15.5. The van der Waals surface area contributed by atoms with Crippen LogP contribution in [0.1, 0.15) is 29.2 Å². The molecule has 0 spiro atoms. The maximum atomic E-state index is 12.2. The molecular formula is C25H22O2. The molecule has 0 radical (unpaired) electrons. The molecule has 0 aromatic heterocycles. The number of hydrogen-bond donors (Lipinski definition) is 0. The third-order valence-electron chi connectivity index (χ3n) is 5.13. The number of fused-ring (bicyclic) bond motifs is 2. The molecule has 0 atom stereocenters. The minimum Gasteiger partial charge on any atom is -0.423 e. The summed E-state index contributed by atoms with van der Waals surface area (Å²) in [4.78, 5) is 12.2. The van der Waals surface area contributed by atoms with Crippen molar-refractivity contribution in [3.63, 3.8) is 0 Å². The maximum absolute atomic E-state index is 12.2. The predicted octanol–water partition coefficient (Wildman–Crippen LogP) is 5.52. The lowest BCUT2D eigenvalue weighted by Crippen LogP contribution is -2.10. The Hall–Kier alpha value is -3.13. The van der Waals surface area contributed by atoms with Gasteiger partial charge in [0.05, 0.1) is 0 Å². The van der Waals surface area contributed by atoms with Crippen molar-refractivity contribution in [1.82, 2.24) is 0 Å². The first kappa shape index (κ1) is 17.3. The fourth-order valence-corrected chi connectivity index (χ4v) is 3.75. The molecule has 0 saturated carbocycles. The summed E-state index contributed by atoms with van der Waals surface area (Å²) in [6.07, 6.45) is 2.82. The summed E-state index contributed by atoms with van der Waals surface area (Å²) < 4.78 is 5.71. The lowest BCUT2D eigenvalue weighted by atomic mass is 9.91. The molecule has 0 N–H and O–H groups in total. The van der Waals surface area contributed by atoms with E-state index in [2.05, 4.69) is 49.0 Å². The number of benzene rings is 3. The maximum Gasteiger partial charge on any atom is 0.338 e. The van der Waals surface area contributed by atoms with E-state index >= 15 is 0 Å². The molecule has 27 heavy (non-hydrogen) atoms. The highest BCUT2D eigenvalue weighted by atomic mass is 16.5. The van der Waals surface area contributed by atoms with Crippen molar-refractivity contribution in [3.8, 4) is 16.9 Å². The van der Waals surface area contributed by atoms with Gasteiger partial charge in [-0.2, -0.15) is 0 Å². The Morgan fingerprint density at radius 2 is 1.56 bits per heavy atom. The Morgan fingerprint density at radius 3 is 2.30 bits per heavy atom. The molecule has 0 bridgehead atoms. The smallest absolute Gasteiger partial charge is 0.338 e. The first-order chi connectivity index (χ1) is 13.1. The van der Waals surface area contributed by atoms with Crippen LogP contribution in [0.5, 0.6) is 5.75 Å². The highest BCUT2D eigenvalue weighted by Gasteiger charge is 2.21. The summed E-state index contributed by atoms with van der Waals surface area (Å²) in [5.74, 6) is 0.225. The van der Waals surface area contributed by atoms with E-state index in [-0.39, 0.29) is 5.97 Å². The number of carbonyl (C=O) groups excluding carboxylic acids is 1. The lowest BCUT2D eigenvalue weighted by molar-refractivity contribution is -0.130. The number of hydrogen-bond acceptors (Lipinski definition) is 2. The van der Waals surface area contributed by atoms with Crippen LogP contribution in [0.15, 0.2) is 78.9 Å². The average molecular weight is 354 g/mol. The average Bonchev–Trinajstić information content (AvgIpc) is 2.87. The van der Waals surface area contributed by atoms with Crippen molar-refractivity contribution < 1.29 is 9.53 Å². The van der Waals surface area contributed by atoms with Crippen molar-refractivity contribution in [3.05, 3.63) is 101 Å². The van der Waals surface area contributed by atoms with Gasteiger partial charge in [-0.1, -0.05) is 67.2 Å². The summed E-state index contributed by atoms with van der Waals surface area (Å²) in [7, 11) is 0. The van der Waals surface area contributed by atoms with Crippen LogP contribution < -0.4 is 4.74 Å². The first-order valence-electron chi connectivity index (χ1n) is 9.28. The van der Waals surface area contributed by atoms with Gasteiger partial charge in [0.1, 0.15) is 5.75 Å². The van der Waals surface area contributed by atoms with Crippen molar-refractivity contribution in [2.45, 2.75) is 26.2 Å². The minimum absolute atomic E-state index is 0.385. The molecule has 4 rings (SSSR count). The zero-order valence-corrected chi connectivity index (χ0v) is 15.5. The fourth-order valence-electron chi connectivity index (χ4n) is 3.75. The molecule has 3 aromatic rings. The number of rotatable bonds is 3. The van der Waals surface area contributed by atoms with Gasteiger partial charge in [-0.05, 0) is 60.1 Å². The van der Waals surface area contributed by atoms with Gasteiger partial charge in [-0.3, -0.25) is 0 Å². The number of aryl methyl sites for hydroxylation is 1. The molecule has 1 aliphatic carbocycles. The molecule has 2 heteroatoms. The van der Waals surface area contributed by atoms with E-state index in [1.54, 1.807) is 6.92 Å². The molecule has 0 amide bonds. The molecular weight excluding hydrogens is 332 g/mol. The van der Waals surface area contributed by atoms with Crippen LogP contribution in [-0.4, -0.2) is 5.97 Å². The van der Waals surface area contributed by atoms with Gasteiger partial charge in [0.15, 0.2) is 0 Å². The van der Waals surface area contributed by atoms with Crippen molar-refractivity contribution >= 4 is 5.97 Å². The van der Waals surface area contributed by atoms with Crippen LogP contribution in [0.2, 0.25) is 0 Å². The van der Waals surface area contributed by atoms with Gasteiger partial charge in [0, 0.05) is 11.1 Å². The van der Waals surface area contributed by atoms with Crippen molar-refractivity contribution in [2.75, 3.05) is 0 Å². The quantitative estimate of drug-likeness (QED) is 0.351. The van der Waals surface area contributed by atoms with Crippen LogP contribution in [0.4, 0.5) is 0 Å². The third-order valence-corrected chi connectivity index (χ3v) is 5.13. The van der Waals surface area contributed by atoms with Crippen LogP contribution in [0, 0.1) is 0 Å². The molecule has 2 nitrogen and oxygen atoms in total. The van der Waals surface area contributed by atoms with E-state index in [1.165, 1.54) is 22.3 Å². The summed E-state index contributed by atoms with van der Waals surface area (Å²) in [5, 5.41) is 0. The second-order valence-corrected chi connectivity index (χ2v) is 7.06. The number of esters is 1. The molecule has 0 aliphatic heterocycles. The van der Waals surface area contributed by atoms with Gasteiger partial charge >= 0.3 is 5.97 Å². The molecule has 0 saturated heterocycles. The minimum atomic E-state index is -0.385. The van der Waals surface area contributed by atoms with E-state index in [0.717, 1.165) is 30.4 Å². The van der Waals surface area contributed by atoms with Crippen molar-refractivity contribution in [1.29, 1.82) is 0 Å². The van der Waals surface area contributed by atoms with E-state index in [9.17, 15) is 4.79 Å². The van der Waals surface area contributed by atoms with E-state index in [1.807, 2.05) is 24.3 Å². The summed E-state index contributed by atoms with van der Waals surface area (Å²) in [6.45, 7) is 5.38. The summed E-state index contributed by atoms with van der Waals surface area (Å²) in [6, 6.07) is 22.8. The number of carbonyl (C=O) groups is 1. The number of ether oxygens (including phenoxy) is 1. The molecule has 0 unspecified atom stereocenters. The monoisotopic (exact) mass is 354 g/mol. The Labute approximate surface area is 160 Å². The second kappa shape index (κ2) is 7.24.